The molecule has 27 heavy (non-hydrogen) atoms. The molecule has 0 saturated carbocycles. The van der Waals surface area contributed by atoms with E-state index >= 15 is 0 Å². The number of carbonyl (C=O) groups is 1. The molecule has 0 spiro atoms. The van der Waals surface area contributed by atoms with E-state index in [0.717, 1.165) is 5.56 Å². The average Bonchev–Trinajstić information content (AvgIpc) is 3.13. The van der Waals surface area contributed by atoms with Crippen molar-refractivity contribution in [3.8, 4) is 5.75 Å². The molecule has 0 radical (unpaired) electrons. The van der Waals surface area contributed by atoms with Gasteiger partial charge in [-0.1, -0.05) is 18.2 Å². The van der Waals surface area contributed by atoms with Crippen LogP contribution in [-0.2, 0) is 14.8 Å². The van der Waals surface area contributed by atoms with Gasteiger partial charge in [0.1, 0.15) is 11.8 Å². The number of ether oxygens (including phenoxy) is 1. The summed E-state index contributed by atoms with van der Waals surface area (Å²) in [5.74, 6) is 0.168. The standard InChI is InChI=1S/C20H24N2O4S/c1-14-6-4-7-16(12-14)21-20(23)18-8-5-11-22(18)27(24,25)19-13-17(26-3)10-9-15(19)2/h4,6-7,9-10,12-13,18H,5,8,11H2,1-3H3,(H,21,23). The summed E-state index contributed by atoms with van der Waals surface area (Å²) in [5, 5.41) is 2.85. The van der Waals surface area contributed by atoms with Crippen LogP contribution in [0.1, 0.15) is 24.0 Å². The zero-order valence-corrected chi connectivity index (χ0v) is 16.5. The number of nitrogens with one attached hydrogen (secondary N) is 1. The Morgan fingerprint density at radius 1 is 1.19 bits per heavy atom. The van der Waals surface area contributed by atoms with Crippen molar-refractivity contribution >= 4 is 21.6 Å². The molecule has 0 aromatic heterocycles. The predicted molar refractivity (Wildman–Crippen MR) is 104 cm³/mol. The van der Waals surface area contributed by atoms with Crippen molar-refractivity contribution < 1.29 is 17.9 Å². The molecule has 1 saturated heterocycles. The predicted octanol–water partition coefficient (Wildman–Crippen LogP) is 3.10. The number of carbonyl (C=O) groups excluding carboxylic acids is 1. The summed E-state index contributed by atoms with van der Waals surface area (Å²) in [5.41, 5.74) is 2.32. The summed E-state index contributed by atoms with van der Waals surface area (Å²) < 4.78 is 32.9. The summed E-state index contributed by atoms with van der Waals surface area (Å²) in [4.78, 5) is 13.0. The minimum atomic E-state index is -3.80. The van der Waals surface area contributed by atoms with Crippen molar-refractivity contribution in [2.75, 3.05) is 19.0 Å². The number of hydrogen-bond acceptors (Lipinski definition) is 4. The van der Waals surface area contributed by atoms with E-state index in [4.69, 9.17) is 4.74 Å². The normalized spacial score (nSPS) is 17.7. The van der Waals surface area contributed by atoms with Gasteiger partial charge in [0.05, 0.1) is 12.0 Å². The number of rotatable bonds is 5. The van der Waals surface area contributed by atoms with Crippen LogP contribution in [0.15, 0.2) is 47.4 Å². The Labute approximate surface area is 160 Å². The average molecular weight is 388 g/mol. The fourth-order valence-corrected chi connectivity index (χ4v) is 5.25. The van der Waals surface area contributed by atoms with Crippen molar-refractivity contribution in [1.29, 1.82) is 0 Å². The minimum Gasteiger partial charge on any atom is -0.497 e. The van der Waals surface area contributed by atoms with Crippen LogP contribution in [0.3, 0.4) is 0 Å². The summed E-state index contributed by atoms with van der Waals surface area (Å²) >= 11 is 0. The lowest BCUT2D eigenvalue weighted by Crippen LogP contribution is -2.43. The molecule has 1 atom stereocenters. The van der Waals surface area contributed by atoms with Gasteiger partial charge in [0, 0.05) is 18.3 Å². The van der Waals surface area contributed by atoms with E-state index in [1.54, 1.807) is 25.1 Å². The second-order valence-electron chi connectivity index (χ2n) is 6.76. The lowest BCUT2D eigenvalue weighted by molar-refractivity contribution is -0.119. The highest BCUT2D eigenvalue weighted by Gasteiger charge is 2.40. The molecule has 144 valence electrons. The van der Waals surface area contributed by atoms with E-state index in [1.165, 1.54) is 17.5 Å². The quantitative estimate of drug-likeness (QED) is 0.854. The van der Waals surface area contributed by atoms with E-state index in [-0.39, 0.29) is 10.8 Å². The third-order valence-electron chi connectivity index (χ3n) is 4.77. The minimum absolute atomic E-state index is 0.178. The van der Waals surface area contributed by atoms with Gasteiger partial charge in [-0.05, 0) is 56.0 Å². The largest absolute Gasteiger partial charge is 0.497 e. The molecule has 1 aliphatic heterocycles. The van der Waals surface area contributed by atoms with Crippen molar-refractivity contribution in [3.63, 3.8) is 0 Å². The molecular formula is C20H24N2O4S. The number of benzene rings is 2. The first kappa shape index (κ1) is 19.4. The third-order valence-corrected chi connectivity index (χ3v) is 6.82. The van der Waals surface area contributed by atoms with Gasteiger partial charge < -0.3 is 10.1 Å². The highest BCUT2D eigenvalue weighted by molar-refractivity contribution is 7.89. The fraction of sp³-hybridized carbons (Fsp3) is 0.350. The summed E-state index contributed by atoms with van der Waals surface area (Å²) in [6, 6.07) is 11.7. The zero-order valence-electron chi connectivity index (χ0n) is 15.7. The lowest BCUT2D eigenvalue weighted by Gasteiger charge is -2.24. The maximum absolute atomic E-state index is 13.2. The summed E-state index contributed by atoms with van der Waals surface area (Å²) in [6.07, 6.45) is 1.15. The Morgan fingerprint density at radius 3 is 2.67 bits per heavy atom. The SMILES string of the molecule is COc1ccc(C)c(S(=O)(=O)N2CCCC2C(=O)Nc2cccc(C)c2)c1. The fourth-order valence-electron chi connectivity index (χ4n) is 3.35. The molecule has 1 amide bonds. The summed E-state index contributed by atoms with van der Waals surface area (Å²) in [7, 11) is -2.31. The number of nitrogens with zero attached hydrogens (tertiary/aromatic N) is 1. The number of hydrogen-bond donors (Lipinski definition) is 1. The van der Waals surface area contributed by atoms with E-state index in [1.807, 2.05) is 25.1 Å². The van der Waals surface area contributed by atoms with Crippen LogP contribution in [-0.4, -0.2) is 38.3 Å². The smallest absolute Gasteiger partial charge is 0.244 e. The molecule has 1 unspecified atom stereocenters. The van der Waals surface area contributed by atoms with Crippen LogP contribution in [0.5, 0.6) is 5.75 Å². The number of amides is 1. The van der Waals surface area contributed by atoms with Crippen LogP contribution in [0.4, 0.5) is 5.69 Å². The van der Waals surface area contributed by atoms with Crippen LogP contribution in [0, 0.1) is 13.8 Å². The van der Waals surface area contributed by atoms with Gasteiger partial charge in [-0.15, -0.1) is 0 Å². The maximum Gasteiger partial charge on any atom is 0.244 e. The van der Waals surface area contributed by atoms with Gasteiger partial charge in [-0.3, -0.25) is 4.79 Å². The van der Waals surface area contributed by atoms with E-state index in [9.17, 15) is 13.2 Å². The molecule has 0 aliphatic carbocycles. The molecule has 6 nitrogen and oxygen atoms in total. The Bertz CT molecular complexity index is 956. The van der Waals surface area contributed by atoms with Crippen molar-refractivity contribution in [1.82, 2.24) is 4.31 Å². The number of anilines is 1. The second kappa shape index (κ2) is 7.70. The van der Waals surface area contributed by atoms with Crippen molar-refractivity contribution in [2.45, 2.75) is 37.6 Å². The molecule has 1 heterocycles. The molecule has 2 aromatic rings. The van der Waals surface area contributed by atoms with Gasteiger partial charge in [0.15, 0.2) is 0 Å². The molecule has 1 aliphatic rings. The molecule has 7 heteroatoms. The second-order valence-corrected chi connectivity index (χ2v) is 8.62. The van der Waals surface area contributed by atoms with Gasteiger partial charge in [-0.25, -0.2) is 8.42 Å². The van der Waals surface area contributed by atoms with E-state index in [2.05, 4.69) is 5.32 Å². The highest BCUT2D eigenvalue weighted by atomic mass is 32.2. The lowest BCUT2D eigenvalue weighted by atomic mass is 10.2. The molecular weight excluding hydrogens is 364 g/mol. The monoisotopic (exact) mass is 388 g/mol. The topological polar surface area (TPSA) is 75.7 Å². The van der Waals surface area contributed by atoms with Crippen LogP contribution in [0.25, 0.3) is 0 Å². The zero-order chi connectivity index (χ0) is 19.6. The van der Waals surface area contributed by atoms with Gasteiger partial charge in [-0.2, -0.15) is 4.31 Å². The Hall–Kier alpha value is -2.38. The third kappa shape index (κ3) is 3.99. The van der Waals surface area contributed by atoms with Crippen molar-refractivity contribution in [2.24, 2.45) is 0 Å². The Morgan fingerprint density at radius 2 is 1.96 bits per heavy atom. The van der Waals surface area contributed by atoms with E-state index in [0.29, 0.717) is 36.4 Å². The van der Waals surface area contributed by atoms with Crippen molar-refractivity contribution in [3.05, 3.63) is 53.6 Å². The highest BCUT2D eigenvalue weighted by Crippen LogP contribution is 2.30. The first-order valence-electron chi connectivity index (χ1n) is 8.87. The first-order chi connectivity index (χ1) is 12.8. The number of aryl methyl sites for hydroxylation is 2. The molecule has 2 aromatic carbocycles. The summed E-state index contributed by atoms with van der Waals surface area (Å²) in [6.45, 7) is 4.00. The molecule has 3 rings (SSSR count). The van der Waals surface area contributed by atoms with Gasteiger partial charge in [0.25, 0.3) is 0 Å². The van der Waals surface area contributed by atoms with Crippen LogP contribution >= 0.6 is 0 Å². The Kier molecular flexibility index (Phi) is 5.53. The van der Waals surface area contributed by atoms with Gasteiger partial charge in [0.2, 0.25) is 15.9 Å². The Balaban J connectivity index is 1.88. The van der Waals surface area contributed by atoms with E-state index < -0.39 is 16.1 Å². The van der Waals surface area contributed by atoms with Crippen LogP contribution in [0.2, 0.25) is 0 Å². The number of sulfonamides is 1. The van der Waals surface area contributed by atoms with Gasteiger partial charge >= 0.3 is 0 Å². The first-order valence-corrected chi connectivity index (χ1v) is 10.3. The van der Waals surface area contributed by atoms with Crippen LogP contribution < -0.4 is 10.1 Å². The molecule has 1 fully saturated rings. The molecule has 1 N–H and O–H groups in total. The number of methoxy groups -OCH3 is 1. The maximum atomic E-state index is 13.2. The molecule has 0 bridgehead atoms.